The van der Waals surface area contributed by atoms with Gasteiger partial charge in [0.1, 0.15) is 16.5 Å². The summed E-state index contributed by atoms with van der Waals surface area (Å²) in [6, 6.07) is 7.37. The zero-order chi connectivity index (χ0) is 21.6. The van der Waals surface area contributed by atoms with Gasteiger partial charge in [-0.1, -0.05) is 17.3 Å². The van der Waals surface area contributed by atoms with Crippen LogP contribution in [0.1, 0.15) is 18.4 Å². The molecule has 0 amide bonds. The Morgan fingerprint density at radius 1 is 1.27 bits per heavy atom. The van der Waals surface area contributed by atoms with Crippen LogP contribution in [0.25, 0.3) is 0 Å². The monoisotopic (exact) mass is 437 g/mol. The Hall–Kier alpha value is -2.46. The van der Waals surface area contributed by atoms with Crippen molar-refractivity contribution in [1.29, 1.82) is 0 Å². The van der Waals surface area contributed by atoms with Gasteiger partial charge in [0.05, 0.1) is 18.0 Å². The highest BCUT2D eigenvalue weighted by Crippen LogP contribution is 2.15. The van der Waals surface area contributed by atoms with E-state index >= 15 is 0 Å². The highest BCUT2D eigenvalue weighted by molar-refractivity contribution is 7.91. The number of guanidine groups is 1. The van der Waals surface area contributed by atoms with Crippen LogP contribution in [0.15, 0.2) is 44.7 Å². The van der Waals surface area contributed by atoms with Gasteiger partial charge in [-0.25, -0.2) is 12.8 Å². The number of aryl methyl sites for hydroxylation is 1. The maximum absolute atomic E-state index is 13.8. The number of aliphatic imine (C=N–C) groups is 1. The second kappa shape index (κ2) is 10.0. The van der Waals surface area contributed by atoms with Gasteiger partial charge < -0.3 is 14.7 Å². The number of sulfone groups is 1. The number of piperazine rings is 1. The molecule has 2 aromatic rings. The lowest BCUT2D eigenvalue weighted by Gasteiger charge is -2.36. The predicted octanol–water partition coefficient (Wildman–Crippen LogP) is 1.68. The molecule has 1 aromatic heterocycles. The van der Waals surface area contributed by atoms with Crippen LogP contribution in [-0.2, 0) is 16.4 Å². The molecule has 3 rings (SSSR count). The minimum absolute atomic E-state index is 0.0669. The Morgan fingerprint density at radius 3 is 2.63 bits per heavy atom. The molecule has 1 N–H and O–H groups in total. The Morgan fingerprint density at radius 2 is 2.00 bits per heavy atom. The molecule has 0 saturated carbocycles. The molecule has 10 heteroatoms. The summed E-state index contributed by atoms with van der Waals surface area (Å²) in [5.41, 5.74) is 0.917. The molecular weight excluding hydrogens is 409 g/mol. The molecule has 1 saturated heterocycles. The number of hydrogen-bond acceptors (Lipinski definition) is 6. The van der Waals surface area contributed by atoms with Gasteiger partial charge in [0, 0.05) is 45.3 Å². The first-order valence-corrected chi connectivity index (χ1v) is 11.7. The van der Waals surface area contributed by atoms with Gasteiger partial charge >= 0.3 is 0 Å². The molecule has 8 nitrogen and oxygen atoms in total. The highest BCUT2D eigenvalue weighted by atomic mass is 32.2. The van der Waals surface area contributed by atoms with Crippen LogP contribution in [0.5, 0.6) is 0 Å². The van der Waals surface area contributed by atoms with E-state index in [1.807, 2.05) is 19.9 Å². The summed E-state index contributed by atoms with van der Waals surface area (Å²) in [7, 11) is -3.73. The maximum Gasteiger partial charge on any atom is 0.194 e. The fraction of sp³-hybridized carbons (Fsp3) is 0.500. The lowest BCUT2D eigenvalue weighted by Crippen LogP contribution is -2.52. The average molecular weight is 438 g/mol. The van der Waals surface area contributed by atoms with Crippen molar-refractivity contribution in [3.63, 3.8) is 0 Å². The van der Waals surface area contributed by atoms with E-state index in [-0.39, 0.29) is 17.2 Å². The second-order valence-electron chi connectivity index (χ2n) is 7.18. The quantitative estimate of drug-likeness (QED) is 0.521. The number of nitrogens with zero attached hydrogens (tertiary/aromatic N) is 4. The SMILES string of the molecule is CCNC(=NCCS(=O)(=O)c1ccccc1F)N1CCN(Cc2cc(C)on2)CC1. The van der Waals surface area contributed by atoms with Crippen molar-refractivity contribution in [2.24, 2.45) is 4.99 Å². The number of nitrogens with one attached hydrogen (secondary N) is 1. The van der Waals surface area contributed by atoms with Crippen molar-refractivity contribution >= 4 is 15.8 Å². The zero-order valence-electron chi connectivity index (χ0n) is 17.3. The lowest BCUT2D eigenvalue weighted by atomic mass is 10.3. The van der Waals surface area contributed by atoms with E-state index in [2.05, 4.69) is 25.3 Å². The summed E-state index contributed by atoms with van der Waals surface area (Å²) in [5.74, 6) is 0.509. The van der Waals surface area contributed by atoms with Gasteiger partial charge in [-0.3, -0.25) is 9.89 Å². The smallest absolute Gasteiger partial charge is 0.194 e. The van der Waals surface area contributed by atoms with E-state index < -0.39 is 15.7 Å². The van der Waals surface area contributed by atoms with Gasteiger partial charge in [-0.15, -0.1) is 0 Å². The topological polar surface area (TPSA) is 91.0 Å². The highest BCUT2D eigenvalue weighted by Gasteiger charge is 2.22. The van der Waals surface area contributed by atoms with E-state index in [4.69, 9.17) is 4.52 Å². The summed E-state index contributed by atoms with van der Waals surface area (Å²) < 4.78 is 43.8. The van der Waals surface area contributed by atoms with Crippen molar-refractivity contribution in [3.05, 3.63) is 47.6 Å². The van der Waals surface area contributed by atoms with Crippen molar-refractivity contribution < 1.29 is 17.3 Å². The molecule has 0 aliphatic carbocycles. The lowest BCUT2D eigenvalue weighted by molar-refractivity contribution is 0.169. The first-order valence-electron chi connectivity index (χ1n) is 10.0. The van der Waals surface area contributed by atoms with E-state index in [1.165, 1.54) is 18.2 Å². The molecule has 0 spiro atoms. The molecule has 0 atom stereocenters. The minimum atomic E-state index is -3.73. The first kappa shape index (κ1) is 22.2. The summed E-state index contributed by atoms with van der Waals surface area (Å²) in [5, 5.41) is 7.26. The van der Waals surface area contributed by atoms with E-state index in [0.717, 1.165) is 50.2 Å². The Kier molecular flexibility index (Phi) is 7.43. The number of aromatic nitrogens is 1. The molecule has 1 aliphatic rings. The van der Waals surface area contributed by atoms with Gasteiger partial charge in [-0.2, -0.15) is 0 Å². The molecule has 0 bridgehead atoms. The van der Waals surface area contributed by atoms with E-state index in [1.54, 1.807) is 0 Å². The fourth-order valence-electron chi connectivity index (χ4n) is 3.34. The van der Waals surface area contributed by atoms with Gasteiger partial charge in [0.25, 0.3) is 0 Å². The van der Waals surface area contributed by atoms with Gasteiger partial charge in [-0.05, 0) is 26.0 Å². The maximum atomic E-state index is 13.8. The summed E-state index contributed by atoms with van der Waals surface area (Å²) in [4.78, 5) is 8.60. The van der Waals surface area contributed by atoms with Crippen molar-refractivity contribution in [3.8, 4) is 0 Å². The van der Waals surface area contributed by atoms with E-state index in [9.17, 15) is 12.8 Å². The third-order valence-electron chi connectivity index (χ3n) is 4.86. The Labute approximate surface area is 176 Å². The van der Waals surface area contributed by atoms with Crippen LogP contribution in [0.3, 0.4) is 0 Å². The van der Waals surface area contributed by atoms with Gasteiger partial charge in [0.15, 0.2) is 15.8 Å². The number of halogens is 1. The number of benzene rings is 1. The molecule has 1 fully saturated rings. The van der Waals surface area contributed by atoms with E-state index in [0.29, 0.717) is 12.5 Å². The van der Waals surface area contributed by atoms with Crippen LogP contribution in [0.2, 0.25) is 0 Å². The predicted molar refractivity (Wildman–Crippen MR) is 113 cm³/mol. The summed E-state index contributed by atoms with van der Waals surface area (Å²) in [6.45, 7) is 8.53. The molecule has 0 radical (unpaired) electrons. The fourth-order valence-corrected chi connectivity index (χ4v) is 4.55. The molecule has 30 heavy (non-hydrogen) atoms. The largest absolute Gasteiger partial charge is 0.361 e. The molecular formula is C20H28FN5O3S. The molecule has 1 aromatic carbocycles. The molecule has 2 heterocycles. The van der Waals surface area contributed by atoms with Crippen LogP contribution in [-0.4, -0.2) is 74.4 Å². The first-order chi connectivity index (χ1) is 14.4. The summed E-state index contributed by atoms with van der Waals surface area (Å²) >= 11 is 0. The van der Waals surface area contributed by atoms with Crippen LogP contribution < -0.4 is 5.32 Å². The summed E-state index contributed by atoms with van der Waals surface area (Å²) in [6.07, 6.45) is 0. The van der Waals surface area contributed by atoms with Crippen molar-refractivity contribution in [1.82, 2.24) is 20.3 Å². The Balaban J connectivity index is 1.56. The van der Waals surface area contributed by atoms with Crippen LogP contribution >= 0.6 is 0 Å². The minimum Gasteiger partial charge on any atom is -0.361 e. The standard InChI is InChI=1S/C20H28FN5O3S/c1-3-22-20(23-8-13-30(27,28)19-7-5-4-6-18(19)21)26-11-9-25(10-12-26)15-17-14-16(2)29-24-17/h4-7,14H,3,8-13,15H2,1-2H3,(H,22,23). The average Bonchev–Trinajstić information content (AvgIpc) is 3.13. The van der Waals surface area contributed by atoms with Crippen molar-refractivity contribution in [2.75, 3.05) is 45.0 Å². The molecule has 0 unspecified atom stereocenters. The third kappa shape index (κ3) is 5.79. The number of rotatable bonds is 7. The zero-order valence-corrected chi connectivity index (χ0v) is 18.2. The normalized spacial score (nSPS) is 16.1. The van der Waals surface area contributed by atoms with Crippen molar-refractivity contribution in [2.45, 2.75) is 25.3 Å². The second-order valence-corrected chi connectivity index (χ2v) is 9.25. The van der Waals surface area contributed by atoms with Crippen LogP contribution in [0.4, 0.5) is 4.39 Å². The number of hydrogen-bond donors (Lipinski definition) is 1. The van der Waals surface area contributed by atoms with Crippen LogP contribution in [0, 0.1) is 12.7 Å². The van der Waals surface area contributed by atoms with Gasteiger partial charge in [0.2, 0.25) is 0 Å². The molecule has 164 valence electrons. The third-order valence-corrected chi connectivity index (χ3v) is 6.58. The molecule has 1 aliphatic heterocycles. The Bertz CT molecular complexity index is 968.